The Hall–Kier alpha value is -2.08. The number of halogens is 1. The fraction of sp³-hybridized carbons (Fsp3) is 0.609. The fourth-order valence-electron chi connectivity index (χ4n) is 3.73. The summed E-state index contributed by atoms with van der Waals surface area (Å²) in [5.74, 6) is 4.17. The quantitative estimate of drug-likeness (QED) is 0.243. The number of aliphatic imine (C=N–C) groups is 1. The van der Waals surface area contributed by atoms with Gasteiger partial charge in [0, 0.05) is 32.7 Å². The molecule has 33 heavy (non-hydrogen) atoms. The van der Waals surface area contributed by atoms with Crippen molar-refractivity contribution in [1.82, 2.24) is 25.4 Å². The van der Waals surface area contributed by atoms with Crippen molar-refractivity contribution in [1.29, 1.82) is 0 Å². The van der Waals surface area contributed by atoms with Crippen LogP contribution in [0.25, 0.3) is 0 Å². The van der Waals surface area contributed by atoms with Gasteiger partial charge in [0.25, 0.3) is 0 Å². The molecule has 0 spiro atoms. The molecule has 184 valence electrons. The van der Waals surface area contributed by atoms with Gasteiger partial charge in [-0.2, -0.15) is 5.10 Å². The van der Waals surface area contributed by atoms with Crippen molar-refractivity contribution >= 4 is 29.9 Å². The van der Waals surface area contributed by atoms with Gasteiger partial charge in [-0.25, -0.2) is 9.67 Å². The smallest absolute Gasteiger partial charge is 0.191 e. The van der Waals surface area contributed by atoms with E-state index < -0.39 is 0 Å². The summed E-state index contributed by atoms with van der Waals surface area (Å²) in [5, 5.41) is 11.5. The van der Waals surface area contributed by atoms with Crippen molar-refractivity contribution in [2.75, 3.05) is 33.4 Å². The van der Waals surface area contributed by atoms with Crippen molar-refractivity contribution in [3.05, 3.63) is 35.4 Å². The van der Waals surface area contributed by atoms with E-state index in [4.69, 9.17) is 19.2 Å². The molecule has 10 heteroatoms. The van der Waals surface area contributed by atoms with Crippen LogP contribution in [0.4, 0.5) is 0 Å². The molecule has 1 aliphatic heterocycles. The van der Waals surface area contributed by atoms with Crippen molar-refractivity contribution in [2.24, 2.45) is 4.99 Å². The van der Waals surface area contributed by atoms with Crippen LogP contribution in [0.3, 0.4) is 0 Å². The molecule has 0 fully saturated rings. The summed E-state index contributed by atoms with van der Waals surface area (Å²) in [6.45, 7) is 9.95. The van der Waals surface area contributed by atoms with Crippen molar-refractivity contribution in [3.8, 4) is 11.5 Å². The van der Waals surface area contributed by atoms with Gasteiger partial charge < -0.3 is 24.8 Å². The minimum Gasteiger partial charge on any atom is -0.490 e. The number of aryl methyl sites for hydroxylation is 1. The van der Waals surface area contributed by atoms with Crippen LogP contribution in [-0.2, 0) is 30.7 Å². The Balaban J connectivity index is 0.00000385. The summed E-state index contributed by atoms with van der Waals surface area (Å²) in [6.07, 6.45) is 2.70. The second kappa shape index (κ2) is 14.2. The molecule has 0 saturated heterocycles. The molecule has 0 radical (unpaired) electrons. The van der Waals surface area contributed by atoms with Crippen LogP contribution >= 0.6 is 24.0 Å². The molecule has 2 N–H and O–H groups in total. The molecule has 2 heterocycles. The van der Waals surface area contributed by atoms with E-state index in [0.29, 0.717) is 26.4 Å². The van der Waals surface area contributed by atoms with Crippen LogP contribution in [0, 0.1) is 0 Å². The van der Waals surface area contributed by atoms with Gasteiger partial charge in [0.15, 0.2) is 23.3 Å². The van der Waals surface area contributed by atoms with E-state index in [9.17, 15) is 0 Å². The number of fused-ring (bicyclic) bond motifs is 1. The summed E-state index contributed by atoms with van der Waals surface area (Å²) in [4.78, 5) is 9.33. The Morgan fingerprint density at radius 2 is 1.97 bits per heavy atom. The van der Waals surface area contributed by atoms with Crippen molar-refractivity contribution in [3.63, 3.8) is 0 Å². The average Bonchev–Trinajstić information content (AvgIpc) is 3.18. The maximum atomic E-state index is 5.74. The molecule has 3 rings (SSSR count). The Morgan fingerprint density at radius 1 is 1.18 bits per heavy atom. The third-order valence-electron chi connectivity index (χ3n) is 5.14. The highest BCUT2D eigenvalue weighted by Crippen LogP contribution is 2.28. The Labute approximate surface area is 213 Å². The zero-order valence-electron chi connectivity index (χ0n) is 20.1. The average molecular weight is 572 g/mol. The second-order valence-corrected chi connectivity index (χ2v) is 7.60. The number of ether oxygens (including phenoxy) is 3. The van der Waals surface area contributed by atoms with Crippen molar-refractivity contribution < 1.29 is 14.2 Å². The fourth-order valence-corrected chi connectivity index (χ4v) is 3.73. The molecule has 1 aromatic heterocycles. The zero-order valence-corrected chi connectivity index (χ0v) is 22.4. The SMILES string of the molecule is CCNC(=NCCc1ccc(OCC)c(OCC)c1)NC1CCc2nc(COC)nn2C1.I. The highest BCUT2D eigenvalue weighted by atomic mass is 127. The largest absolute Gasteiger partial charge is 0.490 e. The lowest BCUT2D eigenvalue weighted by atomic mass is 10.1. The Morgan fingerprint density at radius 3 is 2.70 bits per heavy atom. The van der Waals surface area contributed by atoms with Gasteiger partial charge in [0.2, 0.25) is 0 Å². The van der Waals surface area contributed by atoms with Crippen molar-refractivity contribution in [2.45, 2.75) is 59.2 Å². The lowest BCUT2D eigenvalue weighted by Gasteiger charge is -2.25. The van der Waals surface area contributed by atoms with E-state index in [1.807, 2.05) is 24.6 Å². The first-order chi connectivity index (χ1) is 15.7. The Kier molecular flexibility index (Phi) is 11.7. The van der Waals surface area contributed by atoms with Gasteiger partial charge >= 0.3 is 0 Å². The van der Waals surface area contributed by atoms with Crippen LogP contribution in [0.15, 0.2) is 23.2 Å². The van der Waals surface area contributed by atoms with Gasteiger partial charge in [0.1, 0.15) is 12.4 Å². The molecule has 1 unspecified atom stereocenters. The second-order valence-electron chi connectivity index (χ2n) is 7.60. The van der Waals surface area contributed by atoms with E-state index in [2.05, 4.69) is 39.8 Å². The summed E-state index contributed by atoms with van der Waals surface area (Å²) >= 11 is 0. The summed E-state index contributed by atoms with van der Waals surface area (Å²) in [7, 11) is 1.66. The maximum Gasteiger partial charge on any atom is 0.191 e. The van der Waals surface area contributed by atoms with Crippen LogP contribution in [0.2, 0.25) is 0 Å². The molecule has 9 nitrogen and oxygen atoms in total. The van der Waals surface area contributed by atoms with Gasteiger partial charge in [-0.1, -0.05) is 6.07 Å². The number of benzene rings is 1. The van der Waals surface area contributed by atoms with Crippen LogP contribution < -0.4 is 20.1 Å². The normalized spacial score (nSPS) is 15.4. The zero-order chi connectivity index (χ0) is 22.8. The molecule has 0 amide bonds. The maximum absolute atomic E-state index is 5.74. The summed E-state index contributed by atoms with van der Waals surface area (Å²) in [6, 6.07) is 6.36. The summed E-state index contributed by atoms with van der Waals surface area (Å²) in [5.41, 5.74) is 1.17. The highest BCUT2D eigenvalue weighted by Gasteiger charge is 2.22. The topological polar surface area (TPSA) is 94.8 Å². The number of hydrogen-bond donors (Lipinski definition) is 2. The number of guanidine groups is 1. The molecule has 2 aromatic rings. The number of aromatic nitrogens is 3. The van der Waals surface area contributed by atoms with Gasteiger partial charge in [-0.3, -0.25) is 4.99 Å². The highest BCUT2D eigenvalue weighted by molar-refractivity contribution is 14.0. The standard InChI is InChI=1S/C23H36N6O3.HI/c1-5-24-23(26-18-9-11-22-27-21(16-30-4)28-29(22)15-18)25-13-12-17-8-10-19(31-6-2)20(14-17)32-7-3;/h8,10,14,18H,5-7,9,11-13,15-16H2,1-4H3,(H2,24,25,26);1H. The third-order valence-corrected chi connectivity index (χ3v) is 5.14. The summed E-state index contributed by atoms with van der Waals surface area (Å²) < 4.78 is 18.5. The van der Waals surface area contributed by atoms with E-state index >= 15 is 0 Å². The van der Waals surface area contributed by atoms with Crippen LogP contribution in [-0.4, -0.2) is 60.2 Å². The van der Waals surface area contributed by atoms with Gasteiger partial charge in [-0.05, 0) is 51.3 Å². The lowest BCUT2D eigenvalue weighted by molar-refractivity contribution is 0.177. The van der Waals surface area contributed by atoms with Gasteiger partial charge in [-0.15, -0.1) is 24.0 Å². The van der Waals surface area contributed by atoms with E-state index in [-0.39, 0.29) is 30.0 Å². The number of nitrogens with zero attached hydrogens (tertiary/aromatic N) is 4. The minimum absolute atomic E-state index is 0. The van der Waals surface area contributed by atoms with Gasteiger partial charge in [0.05, 0.1) is 19.8 Å². The first kappa shape index (κ1) is 27.2. The number of nitrogens with one attached hydrogen (secondary N) is 2. The van der Waals surface area contributed by atoms with E-state index in [1.54, 1.807) is 7.11 Å². The van der Waals surface area contributed by atoms with Crippen LogP contribution in [0.5, 0.6) is 11.5 Å². The first-order valence-electron chi connectivity index (χ1n) is 11.5. The molecular weight excluding hydrogens is 535 g/mol. The minimum atomic E-state index is 0. The molecular formula is C23H37IN6O3. The number of methoxy groups -OCH3 is 1. The molecule has 1 aromatic carbocycles. The lowest BCUT2D eigenvalue weighted by Crippen LogP contribution is -2.47. The molecule has 0 saturated carbocycles. The molecule has 0 aliphatic carbocycles. The Bertz CT molecular complexity index is 889. The predicted molar refractivity (Wildman–Crippen MR) is 140 cm³/mol. The molecule has 0 bridgehead atoms. The monoisotopic (exact) mass is 572 g/mol. The number of rotatable bonds is 11. The van der Waals surface area contributed by atoms with Crippen LogP contribution in [0.1, 0.15) is 44.4 Å². The van der Waals surface area contributed by atoms with E-state index in [0.717, 1.165) is 61.5 Å². The predicted octanol–water partition coefficient (Wildman–Crippen LogP) is 2.95. The van der Waals surface area contributed by atoms with E-state index in [1.165, 1.54) is 5.56 Å². The number of hydrogen-bond acceptors (Lipinski definition) is 6. The first-order valence-corrected chi connectivity index (χ1v) is 11.5. The third kappa shape index (κ3) is 8.02. The molecule has 1 atom stereocenters. The molecule has 1 aliphatic rings.